The summed E-state index contributed by atoms with van der Waals surface area (Å²) in [5, 5.41) is 10.7. The number of imidazole rings is 1. The molecule has 5 nitrogen and oxygen atoms in total. The number of alkyl halides is 3. The molecule has 0 radical (unpaired) electrons. The van der Waals surface area contributed by atoms with Crippen molar-refractivity contribution >= 4 is 16.9 Å². The van der Waals surface area contributed by atoms with E-state index in [0.717, 1.165) is 25.7 Å². The Bertz CT molecular complexity index is 848. The average Bonchev–Trinajstić information content (AvgIpc) is 3.04. The third kappa shape index (κ3) is 2.96. The SMILES string of the molecule is O=C(c1ccc2nc(C(F)(F)F)[nH]c2c1)N1CC[C@]2(O)CCCC[C@@H]2C1. The van der Waals surface area contributed by atoms with Crippen LogP contribution in [-0.2, 0) is 6.18 Å². The highest BCUT2D eigenvalue weighted by atomic mass is 19.4. The first-order valence-corrected chi connectivity index (χ1v) is 8.85. The number of fused-ring (bicyclic) bond motifs is 2. The lowest BCUT2D eigenvalue weighted by atomic mass is 9.71. The summed E-state index contributed by atoms with van der Waals surface area (Å²) in [6.07, 6.45) is -0.265. The zero-order valence-electron chi connectivity index (χ0n) is 14.1. The van der Waals surface area contributed by atoms with Crippen molar-refractivity contribution in [2.45, 2.75) is 43.9 Å². The van der Waals surface area contributed by atoms with Gasteiger partial charge in [0.05, 0.1) is 16.6 Å². The van der Waals surface area contributed by atoms with Crippen molar-refractivity contribution in [1.82, 2.24) is 14.9 Å². The zero-order chi connectivity index (χ0) is 18.5. The van der Waals surface area contributed by atoms with Crippen molar-refractivity contribution in [2.24, 2.45) is 5.92 Å². The number of nitrogens with zero attached hydrogens (tertiary/aromatic N) is 2. The molecule has 1 amide bonds. The molecule has 1 aliphatic carbocycles. The molecule has 0 spiro atoms. The summed E-state index contributed by atoms with van der Waals surface area (Å²) < 4.78 is 38.3. The molecule has 2 fully saturated rings. The van der Waals surface area contributed by atoms with Crippen LogP contribution < -0.4 is 0 Å². The van der Waals surface area contributed by atoms with Crippen LogP contribution >= 0.6 is 0 Å². The van der Waals surface area contributed by atoms with Crippen molar-refractivity contribution in [1.29, 1.82) is 0 Å². The third-order valence-corrected chi connectivity index (χ3v) is 5.71. The van der Waals surface area contributed by atoms with E-state index in [-0.39, 0.29) is 22.9 Å². The molecule has 0 bridgehead atoms. The van der Waals surface area contributed by atoms with Crippen molar-refractivity contribution in [3.05, 3.63) is 29.6 Å². The van der Waals surface area contributed by atoms with Crippen LogP contribution in [0.2, 0.25) is 0 Å². The number of likely N-dealkylation sites (tertiary alicyclic amines) is 1. The van der Waals surface area contributed by atoms with Crippen molar-refractivity contribution in [2.75, 3.05) is 13.1 Å². The number of aromatic amines is 1. The number of rotatable bonds is 1. The van der Waals surface area contributed by atoms with Gasteiger partial charge in [0.2, 0.25) is 5.82 Å². The Morgan fingerprint density at radius 1 is 1.31 bits per heavy atom. The lowest BCUT2D eigenvalue weighted by Crippen LogP contribution is -2.54. The molecule has 1 saturated carbocycles. The van der Waals surface area contributed by atoms with E-state index in [4.69, 9.17) is 0 Å². The molecule has 8 heteroatoms. The summed E-state index contributed by atoms with van der Waals surface area (Å²) in [6.45, 7) is 0.949. The maximum Gasteiger partial charge on any atom is 0.449 e. The van der Waals surface area contributed by atoms with Crippen LogP contribution in [0, 0.1) is 5.92 Å². The minimum atomic E-state index is -4.55. The standard InChI is InChI=1S/C18H20F3N3O2/c19-18(20,21)16-22-13-5-4-11(9-14(13)23-16)15(25)24-8-7-17(26)6-2-1-3-12(17)10-24/h4-5,9,12,26H,1-3,6-8,10H2,(H,22,23)/t12-,17-/m1/s1. The minimum absolute atomic E-state index is 0.0710. The molecule has 1 aromatic carbocycles. The minimum Gasteiger partial charge on any atom is -0.389 e. The second-order valence-corrected chi connectivity index (χ2v) is 7.36. The largest absolute Gasteiger partial charge is 0.449 e. The van der Waals surface area contributed by atoms with Crippen LogP contribution in [0.3, 0.4) is 0 Å². The molecular formula is C18H20F3N3O2. The van der Waals surface area contributed by atoms with Crippen LogP contribution in [0.1, 0.15) is 48.3 Å². The summed E-state index contributed by atoms with van der Waals surface area (Å²) in [7, 11) is 0. The highest BCUT2D eigenvalue weighted by Crippen LogP contribution is 2.40. The Labute approximate surface area is 148 Å². The number of carbonyl (C=O) groups is 1. The fourth-order valence-corrected chi connectivity index (χ4v) is 4.21. The second kappa shape index (κ2) is 5.97. The van der Waals surface area contributed by atoms with Gasteiger partial charge in [-0.1, -0.05) is 12.8 Å². The van der Waals surface area contributed by atoms with E-state index in [2.05, 4.69) is 9.97 Å². The van der Waals surface area contributed by atoms with Gasteiger partial charge in [0.25, 0.3) is 5.91 Å². The van der Waals surface area contributed by atoms with Gasteiger partial charge >= 0.3 is 6.18 Å². The Balaban J connectivity index is 1.56. The summed E-state index contributed by atoms with van der Waals surface area (Å²) in [5.74, 6) is -1.22. The van der Waals surface area contributed by atoms with E-state index in [1.807, 2.05) is 0 Å². The first-order chi connectivity index (χ1) is 12.3. The monoisotopic (exact) mass is 367 g/mol. The lowest BCUT2D eigenvalue weighted by molar-refractivity contribution is -0.144. The fraction of sp³-hybridized carbons (Fsp3) is 0.556. The highest BCUT2D eigenvalue weighted by Gasteiger charge is 2.43. The summed E-state index contributed by atoms with van der Waals surface area (Å²) in [4.78, 5) is 20.3. The van der Waals surface area contributed by atoms with Crippen LogP contribution in [0.4, 0.5) is 13.2 Å². The molecule has 4 rings (SSSR count). The van der Waals surface area contributed by atoms with Gasteiger partial charge in [-0.3, -0.25) is 4.79 Å². The number of aliphatic hydroxyl groups is 1. The Hall–Kier alpha value is -2.09. The van der Waals surface area contributed by atoms with Gasteiger partial charge in [-0.2, -0.15) is 13.2 Å². The molecule has 2 N–H and O–H groups in total. The van der Waals surface area contributed by atoms with Gasteiger partial charge in [-0.25, -0.2) is 4.98 Å². The smallest absolute Gasteiger partial charge is 0.389 e. The molecule has 2 heterocycles. The van der Waals surface area contributed by atoms with Crippen molar-refractivity contribution in [3.63, 3.8) is 0 Å². The van der Waals surface area contributed by atoms with Crippen molar-refractivity contribution in [3.8, 4) is 0 Å². The van der Waals surface area contributed by atoms with E-state index in [9.17, 15) is 23.1 Å². The number of hydrogen-bond donors (Lipinski definition) is 2. The number of benzene rings is 1. The molecule has 26 heavy (non-hydrogen) atoms. The summed E-state index contributed by atoms with van der Waals surface area (Å²) >= 11 is 0. The van der Waals surface area contributed by atoms with Gasteiger partial charge in [0.1, 0.15) is 0 Å². The van der Waals surface area contributed by atoms with E-state index in [1.165, 1.54) is 18.2 Å². The van der Waals surface area contributed by atoms with Gasteiger partial charge in [-0.15, -0.1) is 0 Å². The molecule has 1 saturated heterocycles. The average molecular weight is 367 g/mol. The number of aromatic nitrogens is 2. The Kier molecular flexibility index (Phi) is 3.98. The molecular weight excluding hydrogens is 347 g/mol. The van der Waals surface area contributed by atoms with Gasteiger partial charge in [0, 0.05) is 24.6 Å². The fourth-order valence-electron chi connectivity index (χ4n) is 4.21. The summed E-state index contributed by atoms with van der Waals surface area (Å²) in [5.41, 5.74) is 0.0175. The normalized spacial score (nSPS) is 26.8. The van der Waals surface area contributed by atoms with Crippen molar-refractivity contribution < 1.29 is 23.1 Å². The lowest BCUT2D eigenvalue weighted by Gasteiger charge is -2.47. The van der Waals surface area contributed by atoms with Crippen LogP contribution in [0.15, 0.2) is 18.2 Å². The van der Waals surface area contributed by atoms with Crippen LogP contribution in [0.25, 0.3) is 11.0 Å². The third-order valence-electron chi connectivity index (χ3n) is 5.71. The van der Waals surface area contributed by atoms with Gasteiger partial charge in [0.15, 0.2) is 0 Å². The maximum atomic E-state index is 12.8. The highest BCUT2D eigenvalue weighted by molar-refractivity contribution is 5.97. The number of amides is 1. The number of nitrogens with one attached hydrogen (secondary N) is 1. The van der Waals surface area contributed by atoms with Crippen LogP contribution in [0.5, 0.6) is 0 Å². The zero-order valence-corrected chi connectivity index (χ0v) is 14.1. The second-order valence-electron chi connectivity index (χ2n) is 7.36. The van der Waals surface area contributed by atoms with Gasteiger partial charge in [-0.05, 0) is 37.5 Å². The number of piperidine rings is 1. The van der Waals surface area contributed by atoms with E-state index < -0.39 is 17.6 Å². The molecule has 2 aromatic rings. The number of halogens is 3. The molecule has 1 aromatic heterocycles. The molecule has 1 aliphatic heterocycles. The van der Waals surface area contributed by atoms with E-state index in [0.29, 0.717) is 25.1 Å². The van der Waals surface area contributed by atoms with E-state index in [1.54, 1.807) is 4.90 Å². The first-order valence-electron chi connectivity index (χ1n) is 8.85. The van der Waals surface area contributed by atoms with Crippen LogP contribution in [-0.4, -0.2) is 44.6 Å². The van der Waals surface area contributed by atoms with E-state index >= 15 is 0 Å². The summed E-state index contributed by atoms with van der Waals surface area (Å²) in [6, 6.07) is 4.35. The topological polar surface area (TPSA) is 69.2 Å². The molecule has 2 aliphatic rings. The first kappa shape index (κ1) is 17.3. The quantitative estimate of drug-likeness (QED) is 0.812. The Morgan fingerprint density at radius 3 is 2.88 bits per heavy atom. The molecule has 140 valence electrons. The molecule has 0 unspecified atom stereocenters. The maximum absolute atomic E-state index is 12.8. The molecule has 2 atom stereocenters. The predicted octanol–water partition coefficient (Wildman–Crippen LogP) is 3.35. The number of hydrogen-bond acceptors (Lipinski definition) is 3. The predicted molar refractivity (Wildman–Crippen MR) is 88.5 cm³/mol. The van der Waals surface area contributed by atoms with Gasteiger partial charge < -0.3 is 15.0 Å². The number of H-pyrrole nitrogens is 1. The Morgan fingerprint density at radius 2 is 2.12 bits per heavy atom. The number of carbonyl (C=O) groups excluding carboxylic acids is 1.